The lowest BCUT2D eigenvalue weighted by atomic mass is 10.1. The number of nitrogens with one attached hydrogen (secondary N) is 1. The van der Waals surface area contributed by atoms with Crippen molar-refractivity contribution in [3.63, 3.8) is 0 Å². The lowest BCUT2D eigenvalue weighted by molar-refractivity contribution is -0.0594. The molecule has 0 spiro atoms. The third kappa shape index (κ3) is 5.12. The predicted octanol–water partition coefficient (Wildman–Crippen LogP) is -4.09. The number of anilines is 2. The Labute approximate surface area is 222 Å². The summed E-state index contributed by atoms with van der Waals surface area (Å²) in [7, 11) is -5.04. The smallest absolute Gasteiger partial charge is 0.394 e. The Balaban J connectivity index is 1.27. The number of nitrogens with zero attached hydrogens (tertiary/aromatic N) is 5. The molecule has 0 saturated carbocycles. The van der Waals surface area contributed by atoms with Crippen molar-refractivity contribution in [2.45, 2.75) is 49.1 Å². The number of aliphatic hydroxyl groups is 4. The zero-order valence-corrected chi connectivity index (χ0v) is 21.1. The van der Waals surface area contributed by atoms with Gasteiger partial charge in [-0.05, 0) is 6.07 Å². The van der Waals surface area contributed by atoms with Crippen LogP contribution < -0.4 is 22.7 Å². The minimum absolute atomic E-state index is 0.0505. The van der Waals surface area contributed by atoms with Gasteiger partial charge in [-0.3, -0.25) is 28.0 Å². The van der Waals surface area contributed by atoms with E-state index in [0.717, 1.165) is 15.5 Å². The van der Waals surface area contributed by atoms with E-state index in [1.165, 1.54) is 12.3 Å². The number of nitrogens with two attached hydrogens (primary N) is 2. The molecule has 5 rings (SSSR count). The van der Waals surface area contributed by atoms with E-state index in [2.05, 4.69) is 19.9 Å². The third-order valence-corrected chi connectivity index (χ3v) is 7.32. The second kappa shape index (κ2) is 10.6. The van der Waals surface area contributed by atoms with Crippen molar-refractivity contribution in [2.75, 3.05) is 24.7 Å². The summed E-state index contributed by atoms with van der Waals surface area (Å²) >= 11 is 0. The Hall–Kier alpha value is -3.30. The summed E-state index contributed by atoms with van der Waals surface area (Å²) in [6, 6.07) is 1.25. The second-order valence-electron chi connectivity index (χ2n) is 8.94. The fourth-order valence-electron chi connectivity index (χ4n) is 4.42. The van der Waals surface area contributed by atoms with Gasteiger partial charge in [0.15, 0.2) is 23.6 Å². The SMILES string of the molecule is Nc1ccn([C@H]2O[C@@H](CO)[C@H](OP(=O)(O)OC[C@H]3O[C@@H](n4cnc5c(=O)[nH]c(N)nc54)[C@H](O)[C@@H]3O)[C@@H]2O)c(=O)n1. The van der Waals surface area contributed by atoms with E-state index in [1.54, 1.807) is 0 Å². The minimum Gasteiger partial charge on any atom is -0.394 e. The lowest BCUT2D eigenvalue weighted by Crippen LogP contribution is -2.38. The van der Waals surface area contributed by atoms with Gasteiger partial charge in [0, 0.05) is 6.20 Å². The van der Waals surface area contributed by atoms with Crippen molar-refractivity contribution >= 4 is 30.8 Å². The van der Waals surface area contributed by atoms with Gasteiger partial charge in [0.25, 0.3) is 5.56 Å². The Morgan fingerprint density at radius 2 is 1.75 bits per heavy atom. The summed E-state index contributed by atoms with van der Waals surface area (Å²) in [6.07, 6.45) is -9.84. The number of hydrogen-bond acceptors (Lipinski definition) is 16. The Bertz CT molecular complexity index is 1560. The highest BCUT2D eigenvalue weighted by atomic mass is 31.2. The molecule has 40 heavy (non-hydrogen) atoms. The Morgan fingerprint density at radius 3 is 2.45 bits per heavy atom. The van der Waals surface area contributed by atoms with Crippen molar-refractivity contribution in [2.24, 2.45) is 0 Å². The van der Waals surface area contributed by atoms with Crippen molar-refractivity contribution in [1.29, 1.82) is 0 Å². The number of phosphoric ester groups is 1. The molecule has 3 aromatic heterocycles. The molecule has 21 heteroatoms. The molecule has 2 aliphatic heterocycles. The maximum Gasteiger partial charge on any atom is 0.472 e. The fourth-order valence-corrected chi connectivity index (χ4v) is 5.39. The number of H-pyrrole nitrogens is 1. The largest absolute Gasteiger partial charge is 0.472 e. The summed E-state index contributed by atoms with van der Waals surface area (Å²) in [4.78, 5) is 48.1. The molecule has 0 bridgehead atoms. The van der Waals surface area contributed by atoms with Crippen LogP contribution in [0.25, 0.3) is 11.2 Å². The molecule has 3 aromatic rings. The molecule has 0 radical (unpaired) electrons. The van der Waals surface area contributed by atoms with Crippen LogP contribution in [0, 0.1) is 0 Å². The molecular weight excluding hydrogens is 563 g/mol. The molecule has 20 nitrogen and oxygen atoms in total. The number of nitrogen functional groups attached to an aromatic ring is 2. The monoisotopic (exact) mass is 588 g/mol. The van der Waals surface area contributed by atoms with E-state index in [-0.39, 0.29) is 22.9 Å². The first kappa shape index (κ1) is 28.2. The highest BCUT2D eigenvalue weighted by Gasteiger charge is 2.50. The maximum absolute atomic E-state index is 12.7. The minimum atomic E-state index is -5.04. The average Bonchev–Trinajstić information content (AvgIpc) is 3.53. The first-order valence-corrected chi connectivity index (χ1v) is 13.1. The molecule has 0 amide bonds. The molecule has 1 unspecified atom stereocenters. The Kier molecular flexibility index (Phi) is 7.48. The number of fused-ring (bicyclic) bond motifs is 1. The van der Waals surface area contributed by atoms with E-state index in [9.17, 15) is 39.5 Å². The summed E-state index contributed by atoms with van der Waals surface area (Å²) in [5.74, 6) is -0.322. The number of hydrogen-bond donors (Lipinski definition) is 8. The Morgan fingerprint density at radius 1 is 1.05 bits per heavy atom. The molecule has 9 atom stereocenters. The van der Waals surface area contributed by atoms with Crippen molar-refractivity contribution in [3.8, 4) is 0 Å². The van der Waals surface area contributed by atoms with E-state index in [4.69, 9.17) is 30.0 Å². The van der Waals surface area contributed by atoms with Crippen LogP contribution in [0.1, 0.15) is 12.5 Å². The molecule has 218 valence electrons. The summed E-state index contributed by atoms with van der Waals surface area (Å²) < 4.78 is 35.7. The summed E-state index contributed by atoms with van der Waals surface area (Å²) in [5, 5.41) is 41.3. The van der Waals surface area contributed by atoms with Gasteiger partial charge in [0.1, 0.15) is 42.4 Å². The molecule has 10 N–H and O–H groups in total. The normalized spacial score (nSPS) is 32.0. The van der Waals surface area contributed by atoms with E-state index >= 15 is 0 Å². The van der Waals surface area contributed by atoms with E-state index in [1.807, 2.05) is 0 Å². The van der Waals surface area contributed by atoms with Crippen LogP contribution in [0.4, 0.5) is 11.8 Å². The van der Waals surface area contributed by atoms with Gasteiger partial charge in [-0.15, -0.1) is 0 Å². The van der Waals surface area contributed by atoms with Gasteiger partial charge < -0.3 is 46.3 Å². The van der Waals surface area contributed by atoms with Gasteiger partial charge in [-0.1, -0.05) is 0 Å². The first-order chi connectivity index (χ1) is 18.9. The molecule has 2 fully saturated rings. The average molecular weight is 588 g/mol. The van der Waals surface area contributed by atoms with Crippen molar-refractivity contribution in [3.05, 3.63) is 39.4 Å². The molecule has 2 saturated heterocycles. The predicted molar refractivity (Wildman–Crippen MR) is 129 cm³/mol. The van der Waals surface area contributed by atoms with Gasteiger partial charge in [-0.25, -0.2) is 14.3 Å². The van der Waals surface area contributed by atoms with Crippen LogP contribution in [0.2, 0.25) is 0 Å². The molecular formula is C19H25N8O12P. The fraction of sp³-hybridized carbons (Fsp3) is 0.526. The van der Waals surface area contributed by atoms with Crippen molar-refractivity contribution < 1.29 is 48.4 Å². The zero-order valence-electron chi connectivity index (χ0n) is 20.2. The molecule has 0 aliphatic carbocycles. The quantitative estimate of drug-likeness (QED) is 0.116. The van der Waals surface area contributed by atoms with Crippen LogP contribution >= 0.6 is 7.82 Å². The number of aromatic amines is 1. The zero-order chi connectivity index (χ0) is 28.9. The van der Waals surface area contributed by atoms with E-state index < -0.39 is 81.4 Å². The summed E-state index contributed by atoms with van der Waals surface area (Å²) in [6.45, 7) is -1.56. The van der Waals surface area contributed by atoms with Crippen LogP contribution in [0.5, 0.6) is 0 Å². The van der Waals surface area contributed by atoms with Crippen molar-refractivity contribution in [1.82, 2.24) is 29.1 Å². The lowest BCUT2D eigenvalue weighted by Gasteiger charge is -2.23. The topological polar surface area (TPSA) is 306 Å². The molecule has 5 heterocycles. The number of phosphoric acid groups is 1. The van der Waals surface area contributed by atoms with Crippen LogP contribution in [0.15, 0.2) is 28.2 Å². The maximum atomic E-state index is 12.7. The highest BCUT2D eigenvalue weighted by molar-refractivity contribution is 7.47. The number of imidazole rings is 1. The van der Waals surface area contributed by atoms with Gasteiger partial charge in [0.05, 0.1) is 19.5 Å². The number of rotatable bonds is 8. The van der Waals surface area contributed by atoms with Crippen LogP contribution in [-0.4, -0.2) is 104 Å². The third-order valence-electron chi connectivity index (χ3n) is 6.33. The first-order valence-electron chi connectivity index (χ1n) is 11.6. The standard InChI is InChI=1S/C19H25N8O12P/c20-8-1-2-26(19(33)23-8)17-12(31)13(6(3-28)37-17)39-40(34,35)36-4-7-10(29)11(30)16(38-7)27-5-22-9-14(27)24-18(21)25-15(9)32/h1-2,5-7,10-13,16-17,28-31H,3-4H2,(H,34,35)(H2,20,23,33)(H3,21,24,25,32)/t6-,7+,10+,11+,12-,13-,16+,17-/m0/s1. The van der Waals surface area contributed by atoms with Crippen LogP contribution in [0.3, 0.4) is 0 Å². The highest BCUT2D eigenvalue weighted by Crippen LogP contribution is 2.49. The van der Waals surface area contributed by atoms with Gasteiger partial charge in [-0.2, -0.15) is 9.97 Å². The second-order valence-corrected chi connectivity index (χ2v) is 10.3. The van der Waals surface area contributed by atoms with Gasteiger partial charge >= 0.3 is 13.5 Å². The van der Waals surface area contributed by atoms with Crippen LogP contribution in [-0.2, 0) is 23.1 Å². The summed E-state index contributed by atoms with van der Waals surface area (Å²) in [5.41, 5.74) is 9.32. The number of ether oxygens (including phenoxy) is 2. The van der Waals surface area contributed by atoms with Gasteiger partial charge in [0.2, 0.25) is 5.95 Å². The number of aromatic nitrogens is 6. The molecule has 0 aromatic carbocycles. The number of aliphatic hydroxyl groups excluding tert-OH is 4. The van der Waals surface area contributed by atoms with E-state index in [0.29, 0.717) is 0 Å². The molecule has 2 aliphatic rings.